The summed E-state index contributed by atoms with van der Waals surface area (Å²) in [4.78, 5) is 14.2. The second-order valence-electron chi connectivity index (χ2n) is 7.05. The molecule has 0 atom stereocenters. The van der Waals surface area contributed by atoms with Crippen LogP contribution in [0.5, 0.6) is 0 Å². The average molecular weight is 368 g/mol. The van der Waals surface area contributed by atoms with Crippen molar-refractivity contribution in [1.82, 2.24) is 15.1 Å². The van der Waals surface area contributed by atoms with Gasteiger partial charge in [-0.25, -0.2) is 9.18 Å². The lowest BCUT2D eigenvalue weighted by molar-refractivity contribution is -0.0184. The number of aliphatic hydroxyl groups is 1. The molecule has 0 radical (unpaired) electrons. The van der Waals surface area contributed by atoms with Gasteiger partial charge in [0.1, 0.15) is 5.82 Å². The van der Waals surface area contributed by atoms with Gasteiger partial charge in [-0.05, 0) is 38.0 Å². The van der Waals surface area contributed by atoms with Crippen molar-refractivity contribution < 1.29 is 14.3 Å². The largest absolute Gasteiger partial charge is 0.385 e. The molecule has 7 heteroatoms. The lowest BCUT2D eigenvalue weighted by Crippen LogP contribution is -2.47. The molecule has 0 saturated carbocycles. The van der Waals surface area contributed by atoms with Crippen LogP contribution in [0, 0.1) is 12.7 Å². The molecule has 2 amide bonds. The third-order valence-corrected chi connectivity index (χ3v) is 5.20. The highest BCUT2D eigenvalue weighted by Gasteiger charge is 2.37. The number of aryl methyl sites for hydroxylation is 1. The highest BCUT2D eigenvalue weighted by Crippen LogP contribution is 2.35. The normalized spacial score (nSPS) is 16.5. The maximum Gasteiger partial charge on any atom is 0.323 e. The Bertz CT molecular complexity index is 993. The molecule has 6 nitrogen and oxygen atoms in total. The summed E-state index contributed by atoms with van der Waals surface area (Å²) < 4.78 is 14.2. The second-order valence-corrected chi connectivity index (χ2v) is 7.05. The van der Waals surface area contributed by atoms with Crippen LogP contribution in [-0.2, 0) is 5.60 Å². The molecular weight excluding hydrogens is 347 g/mol. The SMILES string of the molecule is Cc1ccc(F)c(C2(O)CCN(C(=O)Nc3n[nH]c4ccccc34)CC2)c1. The number of nitrogens with one attached hydrogen (secondary N) is 2. The molecule has 4 rings (SSSR count). The Morgan fingerprint density at radius 3 is 2.78 bits per heavy atom. The number of aromatic amines is 1. The van der Waals surface area contributed by atoms with Crippen LogP contribution in [0.4, 0.5) is 15.0 Å². The fourth-order valence-corrected chi connectivity index (χ4v) is 3.58. The topological polar surface area (TPSA) is 81.2 Å². The van der Waals surface area contributed by atoms with Crippen LogP contribution < -0.4 is 5.32 Å². The van der Waals surface area contributed by atoms with E-state index in [0.717, 1.165) is 16.5 Å². The molecular formula is C20H21FN4O2. The van der Waals surface area contributed by atoms with Crippen LogP contribution in [0.2, 0.25) is 0 Å². The molecule has 140 valence electrons. The smallest absolute Gasteiger partial charge is 0.323 e. The summed E-state index contributed by atoms with van der Waals surface area (Å²) >= 11 is 0. The van der Waals surface area contributed by atoms with Crippen LogP contribution in [0.3, 0.4) is 0 Å². The second kappa shape index (κ2) is 6.66. The summed E-state index contributed by atoms with van der Waals surface area (Å²) in [6.45, 7) is 2.53. The Hall–Kier alpha value is -2.93. The van der Waals surface area contributed by atoms with Crippen LogP contribution >= 0.6 is 0 Å². The molecule has 2 heterocycles. The third-order valence-electron chi connectivity index (χ3n) is 5.20. The highest BCUT2D eigenvalue weighted by atomic mass is 19.1. The van der Waals surface area contributed by atoms with E-state index in [1.807, 2.05) is 31.2 Å². The van der Waals surface area contributed by atoms with Crippen molar-refractivity contribution in [3.05, 3.63) is 59.4 Å². The standard InChI is InChI=1S/C20H21FN4O2/c1-13-6-7-16(21)15(12-13)20(27)8-10-25(11-9-20)19(26)22-18-14-4-2-3-5-17(14)23-24-18/h2-7,12,27H,8-11H2,1H3,(H2,22,23,24,26). The number of anilines is 1. The minimum atomic E-state index is -1.26. The van der Waals surface area contributed by atoms with E-state index in [-0.39, 0.29) is 18.9 Å². The van der Waals surface area contributed by atoms with Crippen molar-refractivity contribution in [3.63, 3.8) is 0 Å². The Kier molecular flexibility index (Phi) is 4.31. The van der Waals surface area contributed by atoms with Crippen LogP contribution in [0.25, 0.3) is 10.9 Å². The minimum absolute atomic E-state index is 0.279. The number of benzene rings is 2. The number of rotatable bonds is 2. The Morgan fingerprint density at radius 1 is 1.26 bits per heavy atom. The maximum atomic E-state index is 14.2. The number of hydrogen-bond acceptors (Lipinski definition) is 3. The van der Waals surface area contributed by atoms with Crippen LogP contribution in [-0.4, -0.2) is 39.3 Å². The molecule has 1 fully saturated rings. The van der Waals surface area contributed by atoms with Crippen molar-refractivity contribution in [1.29, 1.82) is 0 Å². The summed E-state index contributed by atoms with van der Waals surface area (Å²) in [6.07, 6.45) is 0.560. The lowest BCUT2D eigenvalue weighted by Gasteiger charge is -2.38. The number of urea groups is 1. The van der Waals surface area contributed by atoms with Crippen molar-refractivity contribution in [2.45, 2.75) is 25.4 Å². The number of hydrogen-bond donors (Lipinski definition) is 3. The summed E-state index contributed by atoms with van der Waals surface area (Å²) in [5.74, 6) is 0.0603. The third kappa shape index (κ3) is 3.26. The summed E-state index contributed by atoms with van der Waals surface area (Å²) in [5.41, 5.74) is 0.786. The number of para-hydroxylation sites is 1. The number of likely N-dealkylation sites (tertiary alicyclic amines) is 1. The molecule has 1 aliphatic rings. The van der Waals surface area contributed by atoms with Crippen molar-refractivity contribution >= 4 is 22.8 Å². The highest BCUT2D eigenvalue weighted by molar-refractivity contribution is 5.98. The summed E-state index contributed by atoms with van der Waals surface area (Å²) in [6, 6.07) is 12.0. The van der Waals surface area contributed by atoms with Crippen molar-refractivity contribution in [2.24, 2.45) is 0 Å². The number of halogens is 1. The molecule has 1 aliphatic heterocycles. The molecule has 0 spiro atoms. The fraction of sp³-hybridized carbons (Fsp3) is 0.300. The minimum Gasteiger partial charge on any atom is -0.385 e. The first kappa shape index (κ1) is 17.5. The van der Waals surface area contributed by atoms with Gasteiger partial charge in [-0.1, -0.05) is 29.8 Å². The number of amides is 2. The van der Waals surface area contributed by atoms with E-state index in [1.165, 1.54) is 6.07 Å². The van der Waals surface area contributed by atoms with Gasteiger partial charge in [0.2, 0.25) is 0 Å². The predicted molar refractivity (Wildman–Crippen MR) is 101 cm³/mol. The quantitative estimate of drug-likeness (QED) is 0.647. The zero-order valence-corrected chi connectivity index (χ0v) is 15.0. The van der Waals surface area contributed by atoms with Crippen molar-refractivity contribution in [3.8, 4) is 0 Å². The van der Waals surface area contributed by atoms with E-state index in [9.17, 15) is 14.3 Å². The molecule has 3 N–H and O–H groups in total. The van der Waals surface area contributed by atoms with Gasteiger partial charge >= 0.3 is 6.03 Å². The molecule has 0 unspecified atom stereocenters. The summed E-state index contributed by atoms with van der Waals surface area (Å²) in [7, 11) is 0. The number of aromatic nitrogens is 2. The fourth-order valence-electron chi connectivity index (χ4n) is 3.58. The van der Waals surface area contributed by atoms with E-state index in [4.69, 9.17) is 0 Å². The van der Waals surface area contributed by atoms with Gasteiger partial charge in [-0.15, -0.1) is 0 Å². The van der Waals surface area contributed by atoms with Gasteiger partial charge in [0, 0.05) is 24.0 Å². The number of nitrogens with zero attached hydrogens (tertiary/aromatic N) is 2. The Balaban J connectivity index is 1.45. The predicted octanol–water partition coefficient (Wildman–Crippen LogP) is 3.53. The van der Waals surface area contributed by atoms with E-state index >= 15 is 0 Å². The van der Waals surface area contributed by atoms with Gasteiger partial charge in [0.05, 0.1) is 11.1 Å². The first-order valence-electron chi connectivity index (χ1n) is 8.94. The van der Waals surface area contributed by atoms with Gasteiger partial charge in [0.15, 0.2) is 5.82 Å². The Labute approximate surface area is 156 Å². The van der Waals surface area contributed by atoms with Gasteiger partial charge in [-0.2, -0.15) is 5.10 Å². The zero-order valence-electron chi connectivity index (χ0n) is 15.0. The first-order valence-corrected chi connectivity index (χ1v) is 8.94. The van der Waals surface area contributed by atoms with E-state index < -0.39 is 11.4 Å². The first-order chi connectivity index (χ1) is 13.0. The lowest BCUT2D eigenvalue weighted by atomic mass is 9.83. The maximum absolute atomic E-state index is 14.2. The molecule has 1 aromatic heterocycles. The number of fused-ring (bicyclic) bond motifs is 1. The number of piperidine rings is 1. The van der Waals surface area contributed by atoms with Gasteiger partial charge < -0.3 is 10.0 Å². The van der Waals surface area contributed by atoms with Crippen molar-refractivity contribution in [2.75, 3.05) is 18.4 Å². The molecule has 0 aliphatic carbocycles. The molecule has 27 heavy (non-hydrogen) atoms. The Morgan fingerprint density at radius 2 is 2.00 bits per heavy atom. The molecule has 3 aromatic rings. The van der Waals surface area contributed by atoms with Gasteiger partial charge in [-0.3, -0.25) is 10.4 Å². The van der Waals surface area contributed by atoms with E-state index in [1.54, 1.807) is 17.0 Å². The molecule has 0 bridgehead atoms. The molecule has 1 saturated heterocycles. The van der Waals surface area contributed by atoms with E-state index in [2.05, 4.69) is 15.5 Å². The zero-order chi connectivity index (χ0) is 19.0. The molecule has 2 aromatic carbocycles. The number of carbonyl (C=O) groups excluding carboxylic acids is 1. The average Bonchev–Trinajstić information content (AvgIpc) is 3.07. The summed E-state index contributed by atoms with van der Waals surface area (Å²) in [5, 5.41) is 21.6. The van der Waals surface area contributed by atoms with Crippen LogP contribution in [0.1, 0.15) is 24.0 Å². The van der Waals surface area contributed by atoms with Crippen LogP contribution in [0.15, 0.2) is 42.5 Å². The number of H-pyrrole nitrogens is 1. The number of carbonyl (C=O) groups is 1. The van der Waals surface area contributed by atoms with Gasteiger partial charge in [0.25, 0.3) is 0 Å². The van der Waals surface area contributed by atoms with E-state index in [0.29, 0.717) is 24.5 Å². The monoisotopic (exact) mass is 368 g/mol.